The summed E-state index contributed by atoms with van der Waals surface area (Å²) in [5.74, 6) is 1.79. The van der Waals surface area contributed by atoms with Gasteiger partial charge in [-0.2, -0.15) is 4.31 Å². The molecule has 0 atom stereocenters. The van der Waals surface area contributed by atoms with Crippen LogP contribution in [-0.4, -0.2) is 41.1 Å². The first kappa shape index (κ1) is 19.1. The van der Waals surface area contributed by atoms with Gasteiger partial charge in [-0.1, -0.05) is 0 Å². The maximum Gasteiger partial charge on any atom is 0.243 e. The molecule has 0 fully saturated rings. The third-order valence-electron chi connectivity index (χ3n) is 4.00. The molecular weight excluding hydrogens is 342 g/mol. The van der Waals surface area contributed by atoms with Crippen LogP contribution in [0, 0.1) is 6.92 Å². The first-order valence-corrected chi connectivity index (χ1v) is 9.09. The van der Waals surface area contributed by atoms with E-state index in [2.05, 4.69) is 0 Å². The highest BCUT2D eigenvalue weighted by molar-refractivity contribution is 7.89. The van der Waals surface area contributed by atoms with Crippen molar-refractivity contribution in [2.45, 2.75) is 18.4 Å². The summed E-state index contributed by atoms with van der Waals surface area (Å²) in [5, 5.41) is 0. The molecule has 0 spiro atoms. The molecule has 0 aliphatic heterocycles. The van der Waals surface area contributed by atoms with Crippen LogP contribution in [0.25, 0.3) is 0 Å². The van der Waals surface area contributed by atoms with E-state index in [1.54, 1.807) is 39.5 Å². The minimum atomic E-state index is -3.61. The second kappa shape index (κ2) is 7.76. The van der Waals surface area contributed by atoms with E-state index in [4.69, 9.17) is 14.2 Å². The van der Waals surface area contributed by atoms with Crippen molar-refractivity contribution in [2.75, 3.05) is 28.4 Å². The van der Waals surface area contributed by atoms with E-state index in [0.29, 0.717) is 17.2 Å². The van der Waals surface area contributed by atoms with Gasteiger partial charge in [-0.3, -0.25) is 0 Å². The predicted molar refractivity (Wildman–Crippen MR) is 95.9 cm³/mol. The highest BCUT2D eigenvalue weighted by Crippen LogP contribution is 2.31. The lowest BCUT2D eigenvalue weighted by Crippen LogP contribution is -2.26. The molecule has 2 rings (SSSR count). The normalized spacial score (nSPS) is 11.4. The Kier molecular flexibility index (Phi) is 5.92. The van der Waals surface area contributed by atoms with Gasteiger partial charge in [0.25, 0.3) is 0 Å². The Morgan fingerprint density at radius 2 is 1.48 bits per heavy atom. The zero-order valence-corrected chi connectivity index (χ0v) is 15.9. The Morgan fingerprint density at radius 3 is 2.00 bits per heavy atom. The molecular formula is C18H23NO5S. The molecule has 2 aromatic carbocycles. The lowest BCUT2D eigenvalue weighted by Gasteiger charge is -2.20. The molecule has 2 aromatic rings. The van der Waals surface area contributed by atoms with Crippen molar-refractivity contribution in [3.63, 3.8) is 0 Å². The van der Waals surface area contributed by atoms with Crippen molar-refractivity contribution in [1.29, 1.82) is 0 Å². The van der Waals surface area contributed by atoms with Crippen LogP contribution in [-0.2, 0) is 16.6 Å². The second-order valence-electron chi connectivity index (χ2n) is 5.57. The van der Waals surface area contributed by atoms with Crippen LogP contribution in [0.2, 0.25) is 0 Å². The zero-order chi connectivity index (χ0) is 18.6. The van der Waals surface area contributed by atoms with E-state index >= 15 is 0 Å². The quantitative estimate of drug-likeness (QED) is 0.755. The number of sulfonamides is 1. The Morgan fingerprint density at radius 1 is 0.920 bits per heavy atom. The van der Waals surface area contributed by atoms with Gasteiger partial charge >= 0.3 is 0 Å². The number of benzene rings is 2. The lowest BCUT2D eigenvalue weighted by atomic mass is 10.1. The van der Waals surface area contributed by atoms with Crippen LogP contribution < -0.4 is 14.2 Å². The monoisotopic (exact) mass is 365 g/mol. The van der Waals surface area contributed by atoms with Gasteiger partial charge in [0.1, 0.15) is 5.75 Å². The van der Waals surface area contributed by atoms with E-state index in [1.807, 2.05) is 13.0 Å². The summed E-state index contributed by atoms with van der Waals surface area (Å²) in [4.78, 5) is 0.217. The standard InChI is InChI=1S/C18H23NO5S/c1-13-10-17(23-4)18(24-5)11-14(13)12-19(2)25(20,21)16-8-6-15(22-3)7-9-16/h6-11H,12H2,1-5H3. The van der Waals surface area contributed by atoms with Crippen molar-refractivity contribution < 1.29 is 22.6 Å². The smallest absolute Gasteiger partial charge is 0.243 e. The number of aryl methyl sites for hydroxylation is 1. The van der Waals surface area contributed by atoms with Gasteiger partial charge < -0.3 is 14.2 Å². The predicted octanol–water partition coefficient (Wildman–Crippen LogP) is 2.84. The second-order valence-corrected chi connectivity index (χ2v) is 7.62. The highest BCUT2D eigenvalue weighted by Gasteiger charge is 2.22. The van der Waals surface area contributed by atoms with Crippen molar-refractivity contribution in [1.82, 2.24) is 4.31 Å². The molecule has 136 valence electrons. The molecule has 0 amide bonds. The zero-order valence-electron chi connectivity index (χ0n) is 15.1. The maximum absolute atomic E-state index is 12.8. The first-order chi connectivity index (χ1) is 11.8. The fraction of sp³-hybridized carbons (Fsp3) is 0.333. The number of methoxy groups -OCH3 is 3. The molecule has 0 aliphatic carbocycles. The van der Waals surface area contributed by atoms with Gasteiger partial charge in [0.05, 0.1) is 26.2 Å². The van der Waals surface area contributed by atoms with E-state index in [-0.39, 0.29) is 11.4 Å². The summed E-state index contributed by atoms with van der Waals surface area (Å²) >= 11 is 0. The van der Waals surface area contributed by atoms with Gasteiger partial charge in [0.15, 0.2) is 11.5 Å². The lowest BCUT2D eigenvalue weighted by molar-refractivity contribution is 0.353. The van der Waals surface area contributed by atoms with Gasteiger partial charge in [0, 0.05) is 13.6 Å². The Hall–Kier alpha value is -2.25. The van der Waals surface area contributed by atoms with Crippen LogP contribution in [0.4, 0.5) is 0 Å². The summed E-state index contributed by atoms with van der Waals surface area (Å²) in [6, 6.07) is 9.96. The Labute approximate surface area is 149 Å². The molecule has 6 nitrogen and oxygen atoms in total. The largest absolute Gasteiger partial charge is 0.497 e. The summed E-state index contributed by atoms with van der Waals surface area (Å²) in [5.41, 5.74) is 1.77. The molecule has 0 N–H and O–H groups in total. The fourth-order valence-corrected chi connectivity index (χ4v) is 3.59. The van der Waals surface area contributed by atoms with Gasteiger partial charge in [-0.05, 0) is 54.4 Å². The van der Waals surface area contributed by atoms with E-state index in [0.717, 1.165) is 11.1 Å². The number of rotatable bonds is 7. The van der Waals surface area contributed by atoms with Crippen molar-refractivity contribution in [2.24, 2.45) is 0 Å². The van der Waals surface area contributed by atoms with Crippen LogP contribution in [0.5, 0.6) is 17.2 Å². The Balaban J connectivity index is 2.30. The van der Waals surface area contributed by atoms with Crippen LogP contribution >= 0.6 is 0 Å². The van der Waals surface area contributed by atoms with Gasteiger partial charge in [-0.25, -0.2) is 8.42 Å². The molecule has 0 saturated heterocycles. The number of nitrogens with zero attached hydrogens (tertiary/aromatic N) is 1. The van der Waals surface area contributed by atoms with Crippen molar-refractivity contribution in [3.05, 3.63) is 47.5 Å². The Bertz CT molecular complexity index is 831. The third kappa shape index (κ3) is 4.05. The molecule has 0 saturated carbocycles. The summed E-state index contributed by atoms with van der Waals surface area (Å²) in [6.45, 7) is 2.13. The molecule has 25 heavy (non-hydrogen) atoms. The van der Waals surface area contributed by atoms with Crippen molar-refractivity contribution >= 4 is 10.0 Å². The summed E-state index contributed by atoms with van der Waals surface area (Å²) in [6.07, 6.45) is 0. The molecule has 7 heteroatoms. The molecule has 0 aliphatic rings. The third-order valence-corrected chi connectivity index (χ3v) is 5.82. The van der Waals surface area contributed by atoms with Gasteiger partial charge in [0.2, 0.25) is 10.0 Å². The maximum atomic E-state index is 12.8. The molecule has 0 heterocycles. The number of hydrogen-bond donors (Lipinski definition) is 0. The average Bonchev–Trinajstić information content (AvgIpc) is 2.62. The van der Waals surface area contributed by atoms with Crippen LogP contribution in [0.1, 0.15) is 11.1 Å². The number of ether oxygens (including phenoxy) is 3. The average molecular weight is 365 g/mol. The minimum Gasteiger partial charge on any atom is -0.497 e. The SMILES string of the molecule is COc1ccc(S(=O)(=O)N(C)Cc2cc(OC)c(OC)cc2C)cc1. The van der Waals surface area contributed by atoms with Crippen LogP contribution in [0.15, 0.2) is 41.3 Å². The molecule has 0 unspecified atom stereocenters. The van der Waals surface area contributed by atoms with Crippen LogP contribution in [0.3, 0.4) is 0 Å². The topological polar surface area (TPSA) is 65.1 Å². The van der Waals surface area contributed by atoms with Crippen molar-refractivity contribution in [3.8, 4) is 17.2 Å². The molecule has 0 radical (unpaired) electrons. The van der Waals surface area contributed by atoms with E-state index < -0.39 is 10.0 Å². The fourth-order valence-electron chi connectivity index (χ4n) is 2.45. The first-order valence-electron chi connectivity index (χ1n) is 7.65. The van der Waals surface area contributed by atoms with E-state index in [1.165, 1.54) is 23.5 Å². The summed E-state index contributed by atoms with van der Waals surface area (Å²) in [7, 11) is 2.60. The van der Waals surface area contributed by atoms with Gasteiger partial charge in [-0.15, -0.1) is 0 Å². The minimum absolute atomic E-state index is 0.217. The van der Waals surface area contributed by atoms with E-state index in [9.17, 15) is 8.42 Å². The highest BCUT2D eigenvalue weighted by atomic mass is 32.2. The molecule has 0 bridgehead atoms. The number of hydrogen-bond acceptors (Lipinski definition) is 5. The molecule has 0 aromatic heterocycles. The summed E-state index contributed by atoms with van der Waals surface area (Å²) < 4.78 is 42.5.